The Morgan fingerprint density at radius 1 is 1.09 bits per heavy atom. The van der Waals surface area contributed by atoms with E-state index in [2.05, 4.69) is 0 Å². The Kier molecular flexibility index (Phi) is 5.08. The number of likely N-dealkylation sites (tertiary alicyclic amines) is 1. The van der Waals surface area contributed by atoms with Crippen molar-refractivity contribution in [3.8, 4) is 0 Å². The lowest BCUT2D eigenvalue weighted by molar-refractivity contribution is -0.142. The fraction of sp³-hybridized carbons (Fsp3) is 0.556. The number of benzene rings is 1. The van der Waals surface area contributed by atoms with E-state index in [1.165, 1.54) is 4.90 Å². The van der Waals surface area contributed by atoms with Crippen molar-refractivity contribution in [2.75, 3.05) is 13.2 Å². The molecule has 0 bridgehead atoms. The number of amides is 2. The summed E-state index contributed by atoms with van der Waals surface area (Å²) in [6.07, 6.45) is 2.78. The first-order valence-corrected chi connectivity index (χ1v) is 8.32. The minimum absolute atomic E-state index is 0.0411. The highest BCUT2D eigenvalue weighted by atomic mass is 16.5. The van der Waals surface area contributed by atoms with Crippen molar-refractivity contribution < 1.29 is 19.4 Å². The second-order valence-corrected chi connectivity index (χ2v) is 6.44. The molecule has 1 aliphatic heterocycles. The van der Waals surface area contributed by atoms with Crippen LogP contribution in [0.15, 0.2) is 30.3 Å². The van der Waals surface area contributed by atoms with Crippen LogP contribution >= 0.6 is 0 Å². The summed E-state index contributed by atoms with van der Waals surface area (Å²) in [4.78, 5) is 25.9. The van der Waals surface area contributed by atoms with Gasteiger partial charge in [-0.05, 0) is 18.4 Å². The third kappa shape index (κ3) is 3.62. The minimum Gasteiger partial charge on any atom is -0.389 e. The Morgan fingerprint density at radius 2 is 1.70 bits per heavy atom. The van der Waals surface area contributed by atoms with Crippen LogP contribution in [0.5, 0.6) is 0 Å². The topological polar surface area (TPSA) is 66.8 Å². The molecule has 1 saturated carbocycles. The number of rotatable bonds is 6. The Morgan fingerprint density at radius 3 is 2.30 bits per heavy atom. The van der Waals surface area contributed by atoms with Crippen LogP contribution in [0.25, 0.3) is 0 Å². The van der Waals surface area contributed by atoms with Gasteiger partial charge in [0.1, 0.15) is 0 Å². The fourth-order valence-electron chi connectivity index (χ4n) is 3.56. The number of aliphatic hydroxyl groups is 1. The van der Waals surface area contributed by atoms with E-state index in [0.717, 1.165) is 31.2 Å². The number of carbonyl (C=O) groups excluding carboxylic acids is 2. The summed E-state index contributed by atoms with van der Waals surface area (Å²) in [6.45, 7) is 0.561. The lowest BCUT2D eigenvalue weighted by Gasteiger charge is -2.19. The Balaban J connectivity index is 1.48. The lowest BCUT2D eigenvalue weighted by Crippen LogP contribution is -2.39. The van der Waals surface area contributed by atoms with E-state index < -0.39 is 6.10 Å². The quantitative estimate of drug-likeness (QED) is 0.812. The van der Waals surface area contributed by atoms with Gasteiger partial charge in [-0.25, -0.2) is 0 Å². The standard InChI is InChI=1S/C18H23NO4/c20-14(12-23-11-13-6-2-1-3-7-13)10-19-17(21)15-8-4-5-9-16(15)18(19)22/h1-3,6-7,14-16,20H,4-5,8-12H2. The van der Waals surface area contributed by atoms with Crippen LogP contribution in [0.4, 0.5) is 0 Å². The summed E-state index contributed by atoms with van der Waals surface area (Å²) in [6, 6.07) is 9.69. The summed E-state index contributed by atoms with van der Waals surface area (Å²) >= 11 is 0. The summed E-state index contributed by atoms with van der Waals surface area (Å²) in [5.74, 6) is -0.536. The summed E-state index contributed by atoms with van der Waals surface area (Å²) in [5.41, 5.74) is 1.03. The van der Waals surface area contributed by atoms with Crippen molar-refractivity contribution in [2.24, 2.45) is 11.8 Å². The van der Waals surface area contributed by atoms with Gasteiger partial charge in [0.2, 0.25) is 11.8 Å². The Hall–Kier alpha value is -1.72. The lowest BCUT2D eigenvalue weighted by atomic mass is 9.81. The maximum Gasteiger partial charge on any atom is 0.233 e. The number of ether oxygens (including phenoxy) is 1. The number of β-amino-alcohol motifs (C(OH)–C–C–N with tert-alkyl or cyclic N) is 1. The molecule has 0 radical (unpaired) electrons. The van der Waals surface area contributed by atoms with Gasteiger partial charge in [-0.3, -0.25) is 14.5 Å². The third-order valence-corrected chi connectivity index (χ3v) is 4.75. The Bertz CT molecular complexity index is 535. The third-order valence-electron chi connectivity index (χ3n) is 4.75. The fourth-order valence-corrected chi connectivity index (χ4v) is 3.56. The predicted octanol–water partition coefficient (Wildman–Crippen LogP) is 1.74. The molecule has 124 valence electrons. The molecule has 2 aliphatic rings. The zero-order valence-corrected chi connectivity index (χ0v) is 13.2. The first-order valence-electron chi connectivity index (χ1n) is 8.32. The molecule has 0 spiro atoms. The summed E-state index contributed by atoms with van der Waals surface area (Å²) < 4.78 is 5.48. The number of carbonyl (C=O) groups is 2. The zero-order valence-electron chi connectivity index (χ0n) is 13.2. The largest absolute Gasteiger partial charge is 0.389 e. The van der Waals surface area contributed by atoms with Crippen LogP contribution < -0.4 is 0 Å². The highest BCUT2D eigenvalue weighted by molar-refractivity contribution is 6.05. The van der Waals surface area contributed by atoms with Gasteiger partial charge in [-0.15, -0.1) is 0 Å². The van der Waals surface area contributed by atoms with Gasteiger partial charge in [0.15, 0.2) is 0 Å². The monoisotopic (exact) mass is 317 g/mol. The van der Waals surface area contributed by atoms with Gasteiger partial charge in [0.05, 0.1) is 37.7 Å². The number of hydrogen-bond donors (Lipinski definition) is 1. The highest BCUT2D eigenvalue weighted by Crippen LogP contribution is 2.37. The van der Waals surface area contributed by atoms with E-state index in [1.54, 1.807) is 0 Å². The highest BCUT2D eigenvalue weighted by Gasteiger charge is 2.48. The molecule has 1 N–H and O–H groups in total. The van der Waals surface area contributed by atoms with E-state index in [-0.39, 0.29) is 36.8 Å². The molecule has 1 aliphatic carbocycles. The molecule has 3 unspecified atom stereocenters. The van der Waals surface area contributed by atoms with Crippen molar-refractivity contribution in [1.82, 2.24) is 4.90 Å². The first kappa shape index (κ1) is 16.1. The van der Waals surface area contributed by atoms with Crippen LogP contribution in [-0.4, -0.2) is 41.1 Å². The van der Waals surface area contributed by atoms with Gasteiger partial charge in [0, 0.05) is 0 Å². The number of fused-ring (bicyclic) bond motifs is 1. The average molecular weight is 317 g/mol. The normalized spacial score (nSPS) is 25.5. The van der Waals surface area contributed by atoms with Crippen LogP contribution in [-0.2, 0) is 20.9 Å². The molecule has 2 amide bonds. The van der Waals surface area contributed by atoms with Gasteiger partial charge < -0.3 is 9.84 Å². The van der Waals surface area contributed by atoms with Crippen LogP contribution in [0.2, 0.25) is 0 Å². The molecule has 1 aromatic rings. The summed E-state index contributed by atoms with van der Waals surface area (Å²) in [7, 11) is 0. The molecule has 1 heterocycles. The molecule has 1 aromatic carbocycles. The van der Waals surface area contributed by atoms with Crippen molar-refractivity contribution >= 4 is 11.8 Å². The van der Waals surface area contributed by atoms with Crippen molar-refractivity contribution in [1.29, 1.82) is 0 Å². The smallest absolute Gasteiger partial charge is 0.233 e. The molecule has 2 fully saturated rings. The number of aliphatic hydroxyl groups excluding tert-OH is 1. The van der Waals surface area contributed by atoms with Gasteiger partial charge >= 0.3 is 0 Å². The Labute approximate surface area is 136 Å². The maximum absolute atomic E-state index is 12.3. The van der Waals surface area contributed by atoms with Crippen molar-refractivity contribution in [3.63, 3.8) is 0 Å². The number of nitrogens with zero attached hydrogens (tertiary/aromatic N) is 1. The zero-order chi connectivity index (χ0) is 16.2. The molecule has 5 heteroatoms. The molecule has 0 aromatic heterocycles. The van der Waals surface area contributed by atoms with Gasteiger partial charge in [0.25, 0.3) is 0 Å². The van der Waals surface area contributed by atoms with E-state index >= 15 is 0 Å². The molecular formula is C18H23NO4. The van der Waals surface area contributed by atoms with Crippen molar-refractivity contribution in [3.05, 3.63) is 35.9 Å². The molecule has 23 heavy (non-hydrogen) atoms. The van der Waals surface area contributed by atoms with E-state index in [9.17, 15) is 14.7 Å². The van der Waals surface area contributed by atoms with E-state index in [1.807, 2.05) is 30.3 Å². The number of hydrogen-bond acceptors (Lipinski definition) is 4. The van der Waals surface area contributed by atoms with Crippen molar-refractivity contribution in [2.45, 2.75) is 38.4 Å². The molecule has 3 rings (SSSR count). The average Bonchev–Trinajstić information content (AvgIpc) is 2.81. The minimum atomic E-state index is -0.841. The second-order valence-electron chi connectivity index (χ2n) is 6.44. The van der Waals surface area contributed by atoms with Crippen LogP contribution in [0, 0.1) is 11.8 Å². The predicted molar refractivity (Wildman–Crippen MR) is 84.3 cm³/mol. The van der Waals surface area contributed by atoms with Crippen LogP contribution in [0.1, 0.15) is 31.2 Å². The molecule has 5 nitrogen and oxygen atoms in total. The van der Waals surface area contributed by atoms with Gasteiger partial charge in [-0.1, -0.05) is 43.2 Å². The molecule has 1 saturated heterocycles. The second kappa shape index (κ2) is 7.23. The van der Waals surface area contributed by atoms with Crippen LogP contribution in [0.3, 0.4) is 0 Å². The summed E-state index contributed by atoms with van der Waals surface area (Å²) in [5, 5.41) is 10.1. The maximum atomic E-state index is 12.3. The SMILES string of the molecule is O=C1C2CCCCC2C(=O)N1CC(O)COCc1ccccc1. The first-order chi connectivity index (χ1) is 11.2. The molecule has 3 atom stereocenters. The molecular weight excluding hydrogens is 294 g/mol. The van der Waals surface area contributed by atoms with E-state index in [0.29, 0.717) is 6.61 Å². The number of imide groups is 1. The van der Waals surface area contributed by atoms with Gasteiger partial charge in [-0.2, -0.15) is 0 Å². The van der Waals surface area contributed by atoms with E-state index in [4.69, 9.17) is 4.74 Å².